The quantitative estimate of drug-likeness (QED) is 0.392. The molecule has 0 heterocycles. The van der Waals surface area contributed by atoms with Crippen LogP contribution in [0.15, 0.2) is 65.6 Å². The Hall–Kier alpha value is -3.56. The van der Waals surface area contributed by atoms with Gasteiger partial charge in [0, 0.05) is 5.69 Å². The molecule has 0 spiro atoms. The number of rotatable bonds is 9. The zero-order chi connectivity index (χ0) is 26.5. The Balaban J connectivity index is 1.97. The van der Waals surface area contributed by atoms with Crippen LogP contribution in [0.3, 0.4) is 0 Å². The Morgan fingerprint density at radius 2 is 1.69 bits per heavy atom. The number of amides is 1. The molecule has 0 bridgehead atoms. The molecule has 1 amide bonds. The summed E-state index contributed by atoms with van der Waals surface area (Å²) >= 11 is 6.26. The summed E-state index contributed by atoms with van der Waals surface area (Å²) in [5.41, 5.74) is 2.41. The minimum atomic E-state index is -4.13. The second kappa shape index (κ2) is 11.5. The number of benzene rings is 3. The van der Waals surface area contributed by atoms with Crippen molar-refractivity contribution in [3.8, 4) is 5.75 Å². The minimum Gasteiger partial charge on any atom is -0.495 e. The van der Waals surface area contributed by atoms with Gasteiger partial charge in [-0.3, -0.25) is 9.10 Å². The second-order valence-corrected chi connectivity index (χ2v) is 10.2. The summed E-state index contributed by atoms with van der Waals surface area (Å²) in [5.74, 6) is -0.768. The first-order chi connectivity index (χ1) is 17.1. The molecule has 0 aliphatic heterocycles. The smallest absolute Gasteiger partial charge is 0.338 e. The van der Waals surface area contributed by atoms with Gasteiger partial charge in [0.15, 0.2) is 0 Å². The third kappa shape index (κ3) is 6.16. The normalized spacial score (nSPS) is 11.0. The third-order valence-electron chi connectivity index (χ3n) is 5.34. The van der Waals surface area contributed by atoms with Crippen molar-refractivity contribution in [2.24, 2.45) is 0 Å². The largest absolute Gasteiger partial charge is 0.495 e. The van der Waals surface area contributed by atoms with Crippen LogP contribution in [-0.2, 0) is 19.6 Å². The number of sulfonamides is 1. The van der Waals surface area contributed by atoms with Crippen LogP contribution in [0.5, 0.6) is 5.75 Å². The number of methoxy groups -OCH3 is 1. The molecular weight excluding hydrogens is 504 g/mol. The number of hydrogen-bond acceptors (Lipinski definition) is 6. The van der Waals surface area contributed by atoms with Gasteiger partial charge in [0.2, 0.25) is 5.91 Å². The summed E-state index contributed by atoms with van der Waals surface area (Å²) < 4.78 is 38.3. The predicted octanol–water partition coefficient (Wildman–Crippen LogP) is 4.98. The Morgan fingerprint density at radius 1 is 1.00 bits per heavy atom. The van der Waals surface area contributed by atoms with Gasteiger partial charge in [-0.15, -0.1) is 0 Å². The van der Waals surface area contributed by atoms with E-state index in [1.54, 1.807) is 38.1 Å². The lowest BCUT2D eigenvalue weighted by Crippen LogP contribution is -2.38. The van der Waals surface area contributed by atoms with Gasteiger partial charge in [-0.25, -0.2) is 13.2 Å². The predicted molar refractivity (Wildman–Crippen MR) is 139 cm³/mol. The van der Waals surface area contributed by atoms with Crippen LogP contribution >= 0.6 is 11.6 Å². The fraction of sp³-hybridized carbons (Fsp3) is 0.231. The molecule has 0 saturated heterocycles. The number of nitrogens with one attached hydrogen (secondary N) is 1. The maximum Gasteiger partial charge on any atom is 0.338 e. The second-order valence-electron chi connectivity index (χ2n) is 7.94. The van der Waals surface area contributed by atoms with Crippen LogP contribution in [0.1, 0.15) is 28.4 Å². The first kappa shape index (κ1) is 27.0. The molecule has 10 heteroatoms. The van der Waals surface area contributed by atoms with E-state index in [1.165, 1.54) is 43.5 Å². The fourth-order valence-electron chi connectivity index (χ4n) is 3.38. The van der Waals surface area contributed by atoms with E-state index in [1.807, 2.05) is 6.92 Å². The zero-order valence-corrected chi connectivity index (χ0v) is 21.9. The summed E-state index contributed by atoms with van der Waals surface area (Å²) in [5, 5.41) is 2.90. The van der Waals surface area contributed by atoms with E-state index in [4.69, 9.17) is 21.1 Å². The van der Waals surface area contributed by atoms with Crippen molar-refractivity contribution in [1.29, 1.82) is 0 Å². The molecule has 0 fully saturated rings. The molecule has 3 aromatic carbocycles. The molecule has 0 aromatic heterocycles. The number of ether oxygens (including phenoxy) is 2. The van der Waals surface area contributed by atoms with Gasteiger partial charge in [0.25, 0.3) is 10.0 Å². The molecule has 0 saturated carbocycles. The van der Waals surface area contributed by atoms with Crippen LogP contribution in [0.2, 0.25) is 5.02 Å². The fourth-order valence-corrected chi connectivity index (χ4v) is 5.05. The number of anilines is 2. The molecule has 0 radical (unpaired) electrons. The Morgan fingerprint density at radius 3 is 2.31 bits per heavy atom. The van der Waals surface area contributed by atoms with Gasteiger partial charge in [0.1, 0.15) is 12.3 Å². The molecule has 0 aliphatic rings. The maximum absolute atomic E-state index is 13.6. The van der Waals surface area contributed by atoms with E-state index < -0.39 is 28.4 Å². The number of carbonyl (C=O) groups is 2. The summed E-state index contributed by atoms with van der Waals surface area (Å²) in [4.78, 5) is 25.2. The average Bonchev–Trinajstić information content (AvgIpc) is 2.84. The molecule has 8 nitrogen and oxygen atoms in total. The van der Waals surface area contributed by atoms with E-state index in [0.29, 0.717) is 17.0 Å². The monoisotopic (exact) mass is 530 g/mol. The highest BCUT2D eigenvalue weighted by molar-refractivity contribution is 7.92. The number of aryl methyl sites for hydroxylation is 2. The van der Waals surface area contributed by atoms with Crippen molar-refractivity contribution in [2.45, 2.75) is 25.7 Å². The molecule has 36 heavy (non-hydrogen) atoms. The highest BCUT2D eigenvalue weighted by atomic mass is 35.5. The minimum absolute atomic E-state index is 0.0216. The molecule has 190 valence electrons. The van der Waals surface area contributed by atoms with Crippen LogP contribution in [0.25, 0.3) is 0 Å². The lowest BCUT2D eigenvalue weighted by atomic mass is 10.1. The highest BCUT2D eigenvalue weighted by Crippen LogP contribution is 2.32. The van der Waals surface area contributed by atoms with Gasteiger partial charge in [-0.2, -0.15) is 0 Å². The number of esters is 1. The van der Waals surface area contributed by atoms with Crippen LogP contribution < -0.4 is 14.4 Å². The highest BCUT2D eigenvalue weighted by Gasteiger charge is 2.28. The van der Waals surface area contributed by atoms with E-state index in [2.05, 4.69) is 5.32 Å². The summed E-state index contributed by atoms with van der Waals surface area (Å²) in [7, 11) is -2.69. The van der Waals surface area contributed by atoms with E-state index >= 15 is 0 Å². The first-order valence-corrected chi connectivity index (χ1v) is 12.9. The van der Waals surface area contributed by atoms with Gasteiger partial charge >= 0.3 is 5.97 Å². The lowest BCUT2D eigenvalue weighted by molar-refractivity contribution is -0.114. The van der Waals surface area contributed by atoms with Gasteiger partial charge in [-0.1, -0.05) is 35.4 Å². The van der Waals surface area contributed by atoms with Crippen molar-refractivity contribution in [3.63, 3.8) is 0 Å². The molecule has 0 unspecified atom stereocenters. The van der Waals surface area contributed by atoms with Crippen molar-refractivity contribution in [1.82, 2.24) is 0 Å². The Labute approximate surface area is 215 Å². The zero-order valence-electron chi connectivity index (χ0n) is 20.4. The molecule has 3 aromatic rings. The summed E-state index contributed by atoms with van der Waals surface area (Å²) in [6.07, 6.45) is 0. The van der Waals surface area contributed by atoms with Gasteiger partial charge in [0.05, 0.1) is 34.9 Å². The first-order valence-electron chi connectivity index (χ1n) is 11.1. The van der Waals surface area contributed by atoms with Crippen molar-refractivity contribution in [3.05, 3.63) is 82.4 Å². The van der Waals surface area contributed by atoms with Gasteiger partial charge < -0.3 is 14.8 Å². The van der Waals surface area contributed by atoms with E-state index in [0.717, 1.165) is 9.87 Å². The molecule has 1 N–H and O–H groups in total. The molecular formula is C26H27ClN2O6S. The SMILES string of the molecule is CCOC(=O)c1ccc(C)c(NC(=O)CN(c2ccc(OC)c(Cl)c2)S(=O)(=O)c2ccc(C)cc2)c1. The van der Waals surface area contributed by atoms with E-state index in [9.17, 15) is 18.0 Å². The van der Waals surface area contributed by atoms with Crippen molar-refractivity contribution < 1.29 is 27.5 Å². The number of carbonyl (C=O) groups excluding carboxylic acids is 2. The molecule has 0 atom stereocenters. The lowest BCUT2D eigenvalue weighted by Gasteiger charge is -2.25. The average molecular weight is 531 g/mol. The van der Waals surface area contributed by atoms with Crippen molar-refractivity contribution >= 4 is 44.9 Å². The Kier molecular flexibility index (Phi) is 8.60. The summed E-state index contributed by atoms with van der Waals surface area (Å²) in [6.45, 7) is 4.97. The van der Waals surface area contributed by atoms with Crippen molar-refractivity contribution in [2.75, 3.05) is 29.9 Å². The number of nitrogens with zero attached hydrogens (tertiary/aromatic N) is 1. The van der Waals surface area contributed by atoms with Crippen LogP contribution in [-0.4, -0.2) is 40.6 Å². The number of hydrogen-bond donors (Lipinski definition) is 1. The molecule has 0 aliphatic carbocycles. The van der Waals surface area contributed by atoms with Crippen LogP contribution in [0.4, 0.5) is 11.4 Å². The topological polar surface area (TPSA) is 102 Å². The molecule has 3 rings (SSSR count). The third-order valence-corrected chi connectivity index (χ3v) is 7.43. The standard InChI is InChI=1S/C26H27ClN2O6S/c1-5-35-26(31)19-9-8-18(3)23(14-19)28-25(30)16-29(20-10-13-24(34-4)22(27)15-20)36(32,33)21-11-6-17(2)7-12-21/h6-15H,5,16H2,1-4H3,(H,28,30). The Bertz CT molecular complexity index is 1370. The maximum atomic E-state index is 13.6. The van der Waals surface area contributed by atoms with Crippen LogP contribution in [0, 0.1) is 13.8 Å². The van der Waals surface area contributed by atoms with Gasteiger partial charge in [-0.05, 0) is 68.8 Å². The number of halogens is 1. The summed E-state index contributed by atoms with van der Waals surface area (Å²) in [6, 6.07) is 15.5. The van der Waals surface area contributed by atoms with E-state index in [-0.39, 0.29) is 27.8 Å².